The molecule has 1 unspecified atom stereocenters. The molecule has 1 atom stereocenters. The lowest BCUT2D eigenvalue weighted by Gasteiger charge is -2.16. The van der Waals surface area contributed by atoms with Crippen LogP contribution in [0.5, 0.6) is 5.75 Å². The number of rotatable bonds is 5. The van der Waals surface area contributed by atoms with E-state index >= 15 is 0 Å². The Morgan fingerprint density at radius 1 is 1.38 bits per heavy atom. The van der Waals surface area contributed by atoms with Crippen molar-refractivity contribution in [2.24, 2.45) is 0 Å². The molecule has 1 amide bonds. The normalized spacial score (nSPS) is 11.8. The Labute approximate surface area is 123 Å². The quantitative estimate of drug-likeness (QED) is 0.860. The number of carbonyl (C=O) groups excluding carboxylic acids is 1. The van der Waals surface area contributed by atoms with Gasteiger partial charge in [0.15, 0.2) is 0 Å². The summed E-state index contributed by atoms with van der Waals surface area (Å²) < 4.78 is 18.3. The zero-order chi connectivity index (χ0) is 15.2. The number of ether oxygens (including phenoxy) is 1. The first-order chi connectivity index (χ1) is 10.1. The fourth-order valence-corrected chi connectivity index (χ4v) is 2.10. The highest BCUT2D eigenvalue weighted by atomic mass is 19.1. The molecule has 0 aliphatic heterocycles. The monoisotopic (exact) mass is 288 g/mol. The maximum Gasteiger partial charge on any atom is 0.251 e. The van der Waals surface area contributed by atoms with Crippen LogP contribution in [0.1, 0.15) is 22.8 Å². The van der Waals surface area contributed by atoms with E-state index in [9.17, 15) is 9.18 Å². The topological polar surface area (TPSA) is 51.2 Å². The average Bonchev–Trinajstić information content (AvgIpc) is 2.47. The van der Waals surface area contributed by atoms with E-state index < -0.39 is 5.95 Å². The van der Waals surface area contributed by atoms with Crippen LogP contribution in [-0.2, 0) is 6.42 Å². The van der Waals surface area contributed by atoms with Crippen LogP contribution in [0.15, 0.2) is 42.6 Å². The van der Waals surface area contributed by atoms with Gasteiger partial charge in [0, 0.05) is 23.9 Å². The first-order valence-electron chi connectivity index (χ1n) is 6.64. The van der Waals surface area contributed by atoms with Crippen molar-refractivity contribution < 1.29 is 13.9 Å². The van der Waals surface area contributed by atoms with E-state index in [1.165, 1.54) is 12.3 Å². The van der Waals surface area contributed by atoms with Crippen molar-refractivity contribution in [2.45, 2.75) is 19.4 Å². The summed E-state index contributed by atoms with van der Waals surface area (Å²) in [4.78, 5) is 15.4. The molecule has 1 aromatic heterocycles. The summed E-state index contributed by atoms with van der Waals surface area (Å²) >= 11 is 0. The minimum Gasteiger partial charge on any atom is -0.496 e. The molecule has 0 fully saturated rings. The molecule has 1 N–H and O–H groups in total. The summed E-state index contributed by atoms with van der Waals surface area (Å²) in [5.74, 6) is -0.202. The number of aromatic nitrogens is 1. The number of carbonyl (C=O) groups is 1. The van der Waals surface area contributed by atoms with Gasteiger partial charge in [0.2, 0.25) is 5.95 Å². The van der Waals surface area contributed by atoms with Gasteiger partial charge in [-0.05, 0) is 31.0 Å². The Balaban J connectivity index is 2.01. The van der Waals surface area contributed by atoms with Crippen LogP contribution in [0, 0.1) is 5.95 Å². The predicted octanol–water partition coefficient (Wildman–Crippen LogP) is 2.59. The number of amides is 1. The lowest BCUT2D eigenvalue weighted by molar-refractivity contribution is 0.0939. The smallest absolute Gasteiger partial charge is 0.251 e. The van der Waals surface area contributed by atoms with Gasteiger partial charge in [-0.2, -0.15) is 4.39 Å². The second-order valence-corrected chi connectivity index (χ2v) is 4.76. The van der Waals surface area contributed by atoms with Gasteiger partial charge in [0.1, 0.15) is 5.75 Å². The number of nitrogens with one attached hydrogen (secondary N) is 1. The highest BCUT2D eigenvalue weighted by molar-refractivity contribution is 5.94. The molecular weight excluding hydrogens is 271 g/mol. The molecule has 0 aliphatic rings. The van der Waals surface area contributed by atoms with Crippen molar-refractivity contribution in [3.8, 4) is 5.75 Å². The molecule has 0 radical (unpaired) electrons. The fraction of sp³-hybridized carbons (Fsp3) is 0.250. The van der Waals surface area contributed by atoms with Crippen LogP contribution in [0.25, 0.3) is 0 Å². The molecule has 110 valence electrons. The van der Waals surface area contributed by atoms with Crippen molar-refractivity contribution in [3.63, 3.8) is 0 Å². The summed E-state index contributed by atoms with van der Waals surface area (Å²) in [7, 11) is 1.61. The van der Waals surface area contributed by atoms with E-state index in [0.29, 0.717) is 6.42 Å². The molecule has 0 saturated heterocycles. The summed E-state index contributed by atoms with van der Waals surface area (Å²) in [6.07, 6.45) is 1.90. The maximum absolute atomic E-state index is 13.0. The first-order valence-corrected chi connectivity index (χ1v) is 6.64. The Bertz CT molecular complexity index is 631. The van der Waals surface area contributed by atoms with E-state index in [2.05, 4.69) is 10.3 Å². The van der Waals surface area contributed by atoms with E-state index in [-0.39, 0.29) is 17.5 Å². The molecule has 4 nitrogen and oxygen atoms in total. The number of para-hydroxylation sites is 1. The number of benzene rings is 1. The Morgan fingerprint density at radius 2 is 2.14 bits per heavy atom. The number of methoxy groups -OCH3 is 1. The third kappa shape index (κ3) is 4.02. The van der Waals surface area contributed by atoms with Gasteiger partial charge >= 0.3 is 0 Å². The lowest BCUT2D eigenvalue weighted by atomic mass is 10.1. The molecular formula is C16H17FN2O2. The van der Waals surface area contributed by atoms with Crippen LogP contribution in [-0.4, -0.2) is 24.0 Å². The molecule has 2 aromatic rings. The van der Waals surface area contributed by atoms with Gasteiger partial charge < -0.3 is 10.1 Å². The van der Waals surface area contributed by atoms with Crippen molar-refractivity contribution in [1.29, 1.82) is 0 Å². The summed E-state index contributed by atoms with van der Waals surface area (Å²) in [5, 5.41) is 2.83. The third-order valence-electron chi connectivity index (χ3n) is 3.08. The molecule has 0 saturated carbocycles. The second-order valence-electron chi connectivity index (χ2n) is 4.76. The van der Waals surface area contributed by atoms with Crippen molar-refractivity contribution in [2.75, 3.05) is 7.11 Å². The minimum absolute atomic E-state index is 0.106. The zero-order valence-electron chi connectivity index (χ0n) is 12.0. The molecule has 2 rings (SSSR count). The van der Waals surface area contributed by atoms with Gasteiger partial charge in [-0.1, -0.05) is 18.2 Å². The third-order valence-corrected chi connectivity index (χ3v) is 3.08. The molecule has 0 spiro atoms. The summed E-state index contributed by atoms with van der Waals surface area (Å²) in [6, 6.07) is 10.1. The summed E-state index contributed by atoms with van der Waals surface area (Å²) in [5.41, 5.74) is 1.27. The molecule has 0 aliphatic carbocycles. The van der Waals surface area contributed by atoms with Gasteiger partial charge in [0.05, 0.1) is 7.11 Å². The first kappa shape index (κ1) is 15.0. The van der Waals surface area contributed by atoms with Crippen LogP contribution in [0.3, 0.4) is 0 Å². The predicted molar refractivity (Wildman–Crippen MR) is 77.8 cm³/mol. The molecule has 1 heterocycles. The highest BCUT2D eigenvalue weighted by Crippen LogP contribution is 2.18. The van der Waals surface area contributed by atoms with Crippen molar-refractivity contribution in [1.82, 2.24) is 10.3 Å². The van der Waals surface area contributed by atoms with E-state index in [1.54, 1.807) is 7.11 Å². The minimum atomic E-state index is -0.667. The van der Waals surface area contributed by atoms with E-state index in [0.717, 1.165) is 17.4 Å². The van der Waals surface area contributed by atoms with Crippen LogP contribution in [0.2, 0.25) is 0 Å². The Morgan fingerprint density at radius 3 is 2.86 bits per heavy atom. The van der Waals surface area contributed by atoms with Gasteiger partial charge in [-0.3, -0.25) is 4.79 Å². The highest BCUT2D eigenvalue weighted by Gasteiger charge is 2.13. The summed E-state index contributed by atoms with van der Waals surface area (Å²) in [6.45, 7) is 1.89. The van der Waals surface area contributed by atoms with Crippen LogP contribution in [0.4, 0.5) is 4.39 Å². The SMILES string of the molecule is COc1ccccc1CC(C)NC(=O)c1ccnc(F)c1. The van der Waals surface area contributed by atoms with Gasteiger partial charge in [-0.25, -0.2) is 4.98 Å². The van der Waals surface area contributed by atoms with Crippen molar-refractivity contribution in [3.05, 3.63) is 59.7 Å². The maximum atomic E-state index is 13.0. The van der Waals surface area contributed by atoms with Gasteiger partial charge in [-0.15, -0.1) is 0 Å². The number of nitrogens with zero attached hydrogens (tertiary/aromatic N) is 1. The largest absolute Gasteiger partial charge is 0.496 e. The van der Waals surface area contributed by atoms with Gasteiger partial charge in [0.25, 0.3) is 5.91 Å². The van der Waals surface area contributed by atoms with E-state index in [1.807, 2.05) is 31.2 Å². The zero-order valence-corrected chi connectivity index (χ0v) is 12.0. The number of pyridine rings is 1. The molecule has 21 heavy (non-hydrogen) atoms. The Kier molecular flexibility index (Phi) is 4.87. The van der Waals surface area contributed by atoms with Crippen LogP contribution < -0.4 is 10.1 Å². The van der Waals surface area contributed by atoms with Crippen molar-refractivity contribution >= 4 is 5.91 Å². The van der Waals surface area contributed by atoms with E-state index in [4.69, 9.17) is 4.74 Å². The van der Waals surface area contributed by atoms with Crippen LogP contribution >= 0.6 is 0 Å². The Hall–Kier alpha value is -2.43. The second kappa shape index (κ2) is 6.83. The molecule has 0 bridgehead atoms. The number of hydrogen-bond acceptors (Lipinski definition) is 3. The number of hydrogen-bond donors (Lipinski definition) is 1. The average molecular weight is 288 g/mol. The fourth-order valence-electron chi connectivity index (χ4n) is 2.10. The standard InChI is InChI=1S/C16H17FN2O2/c1-11(9-12-5-3-4-6-14(12)21-2)19-16(20)13-7-8-18-15(17)10-13/h3-8,10-11H,9H2,1-2H3,(H,19,20). The lowest BCUT2D eigenvalue weighted by Crippen LogP contribution is -2.34. The molecule has 5 heteroatoms. The number of halogens is 1. The molecule has 1 aromatic carbocycles.